The van der Waals surface area contributed by atoms with E-state index in [4.69, 9.17) is 30.5 Å². The Morgan fingerprint density at radius 1 is 0.946 bits per heavy atom. The summed E-state index contributed by atoms with van der Waals surface area (Å²) in [7, 11) is 4.56. The molecule has 0 radical (unpaired) electrons. The van der Waals surface area contributed by atoms with E-state index >= 15 is 0 Å². The number of nitrogens with zero attached hydrogens (tertiary/aromatic N) is 1. The predicted octanol–water partition coefficient (Wildman–Crippen LogP) is 5.66. The Labute approximate surface area is 221 Å². The van der Waals surface area contributed by atoms with Gasteiger partial charge >= 0.3 is 5.97 Å². The third kappa shape index (κ3) is 4.96. The molecule has 0 N–H and O–H groups in total. The van der Waals surface area contributed by atoms with Gasteiger partial charge in [0.1, 0.15) is 0 Å². The number of anilines is 1. The molecule has 37 heavy (non-hydrogen) atoms. The van der Waals surface area contributed by atoms with E-state index in [2.05, 4.69) is 0 Å². The molecule has 0 bridgehead atoms. The van der Waals surface area contributed by atoms with Crippen molar-refractivity contribution in [2.75, 3.05) is 32.8 Å². The number of methoxy groups -OCH3 is 3. The van der Waals surface area contributed by atoms with Crippen LogP contribution in [0.5, 0.6) is 17.2 Å². The van der Waals surface area contributed by atoms with Crippen molar-refractivity contribution in [3.05, 3.63) is 82.4 Å². The molecule has 1 aliphatic rings. The molecule has 4 rings (SSSR count). The van der Waals surface area contributed by atoms with E-state index in [-0.39, 0.29) is 18.2 Å². The lowest BCUT2D eigenvalue weighted by atomic mass is 9.87. The van der Waals surface area contributed by atoms with Crippen LogP contribution in [0.1, 0.15) is 35.3 Å². The number of amides is 1. The molecule has 1 heterocycles. The van der Waals surface area contributed by atoms with E-state index in [0.717, 1.165) is 0 Å². The molecule has 7 nitrogen and oxygen atoms in total. The molecule has 0 aromatic heterocycles. The number of hydrogen-bond acceptors (Lipinski definition) is 6. The molecule has 1 aliphatic heterocycles. The second-order valence-corrected chi connectivity index (χ2v) is 9.70. The van der Waals surface area contributed by atoms with Gasteiger partial charge in [0.05, 0.1) is 32.6 Å². The molecule has 0 aliphatic carbocycles. The fraction of sp³-hybridized carbons (Fsp3) is 0.310. The molecule has 1 atom stereocenters. The first kappa shape index (κ1) is 26.4. The minimum atomic E-state index is -1.66. The zero-order valence-electron chi connectivity index (χ0n) is 21.5. The fourth-order valence-corrected chi connectivity index (χ4v) is 4.85. The number of rotatable bonds is 9. The normalized spacial score (nSPS) is 16.5. The first-order chi connectivity index (χ1) is 17.7. The monoisotopic (exact) mass is 523 g/mol. The van der Waals surface area contributed by atoms with Crippen molar-refractivity contribution in [3.63, 3.8) is 0 Å². The standard InChI is InChI=1S/C29H30ClNO6/c1-18(2)17-31-23-12-11-21(30)15-22(23)29(28(31)33,37-27(32)20-9-7-6-8-10-20)16-19-13-24(34-3)26(36-5)25(14-19)35-4/h6-15,18H,16-17H2,1-5H3. The number of benzene rings is 3. The number of halogens is 1. The van der Waals surface area contributed by atoms with E-state index in [1.54, 1.807) is 59.5 Å². The maximum Gasteiger partial charge on any atom is 0.339 e. The van der Waals surface area contributed by atoms with Gasteiger partial charge in [-0.05, 0) is 53.9 Å². The summed E-state index contributed by atoms with van der Waals surface area (Å²) in [6, 6.07) is 17.3. The molecule has 0 saturated heterocycles. The highest BCUT2D eigenvalue weighted by Gasteiger charge is 2.54. The second kappa shape index (κ2) is 10.7. The van der Waals surface area contributed by atoms with E-state index in [1.807, 2.05) is 19.9 Å². The molecule has 1 amide bonds. The molecule has 0 saturated carbocycles. The Balaban J connectivity index is 1.91. The fourth-order valence-electron chi connectivity index (χ4n) is 4.68. The number of ether oxygens (including phenoxy) is 4. The first-order valence-corrected chi connectivity index (χ1v) is 12.3. The van der Waals surface area contributed by atoms with Crippen LogP contribution in [0.3, 0.4) is 0 Å². The van der Waals surface area contributed by atoms with Gasteiger partial charge in [0.2, 0.25) is 11.4 Å². The van der Waals surface area contributed by atoms with Crippen molar-refractivity contribution in [2.45, 2.75) is 25.9 Å². The van der Waals surface area contributed by atoms with E-state index < -0.39 is 11.6 Å². The topological polar surface area (TPSA) is 74.3 Å². The minimum absolute atomic E-state index is 0.0308. The Morgan fingerprint density at radius 3 is 2.16 bits per heavy atom. The number of carbonyl (C=O) groups is 2. The van der Waals surface area contributed by atoms with Crippen LogP contribution in [0.15, 0.2) is 60.7 Å². The minimum Gasteiger partial charge on any atom is -0.493 e. The zero-order chi connectivity index (χ0) is 26.7. The molecule has 0 fully saturated rings. The zero-order valence-corrected chi connectivity index (χ0v) is 22.3. The van der Waals surface area contributed by atoms with E-state index in [1.165, 1.54) is 21.3 Å². The van der Waals surface area contributed by atoms with E-state index in [0.29, 0.717) is 51.2 Å². The maximum atomic E-state index is 14.3. The summed E-state index contributed by atoms with van der Waals surface area (Å²) < 4.78 is 22.7. The molecule has 3 aromatic carbocycles. The molecule has 194 valence electrons. The van der Waals surface area contributed by atoms with Crippen molar-refractivity contribution >= 4 is 29.2 Å². The largest absolute Gasteiger partial charge is 0.493 e. The van der Waals surface area contributed by atoms with Crippen LogP contribution in [-0.2, 0) is 21.6 Å². The average molecular weight is 524 g/mol. The van der Waals surface area contributed by atoms with Gasteiger partial charge in [0.25, 0.3) is 5.91 Å². The Kier molecular flexibility index (Phi) is 7.64. The third-order valence-corrected chi connectivity index (χ3v) is 6.51. The van der Waals surface area contributed by atoms with Crippen LogP contribution >= 0.6 is 11.6 Å². The lowest BCUT2D eigenvalue weighted by molar-refractivity contribution is -0.137. The number of esters is 1. The highest BCUT2D eigenvalue weighted by molar-refractivity contribution is 6.31. The number of fused-ring (bicyclic) bond motifs is 1. The molecule has 3 aromatic rings. The molecule has 8 heteroatoms. The van der Waals surface area contributed by atoms with Crippen molar-refractivity contribution in [1.82, 2.24) is 0 Å². The number of carbonyl (C=O) groups excluding carboxylic acids is 2. The molecule has 1 unspecified atom stereocenters. The Hall–Kier alpha value is -3.71. The van der Waals surface area contributed by atoms with Crippen molar-refractivity contribution in [2.24, 2.45) is 5.92 Å². The van der Waals surface area contributed by atoms with Gasteiger partial charge in [-0.15, -0.1) is 0 Å². The summed E-state index contributed by atoms with van der Waals surface area (Å²) in [6.07, 6.45) is 0.0308. The van der Waals surface area contributed by atoms with Crippen molar-refractivity contribution in [3.8, 4) is 17.2 Å². The van der Waals surface area contributed by atoms with Gasteiger partial charge in [0.15, 0.2) is 11.5 Å². The molecule has 0 spiro atoms. The summed E-state index contributed by atoms with van der Waals surface area (Å²) in [5.41, 5.74) is 0.527. The lowest BCUT2D eigenvalue weighted by Crippen LogP contribution is -2.46. The van der Waals surface area contributed by atoms with Gasteiger partial charge in [-0.25, -0.2) is 4.79 Å². The van der Waals surface area contributed by atoms with Crippen LogP contribution in [0, 0.1) is 5.92 Å². The first-order valence-electron chi connectivity index (χ1n) is 11.9. The summed E-state index contributed by atoms with van der Waals surface area (Å²) >= 11 is 6.42. The average Bonchev–Trinajstić information content (AvgIpc) is 3.10. The Bertz CT molecular complexity index is 1280. The summed E-state index contributed by atoms with van der Waals surface area (Å²) in [5, 5.41) is 0.433. The number of hydrogen-bond donors (Lipinski definition) is 0. The quantitative estimate of drug-likeness (QED) is 0.337. The predicted molar refractivity (Wildman–Crippen MR) is 142 cm³/mol. The van der Waals surface area contributed by atoms with E-state index in [9.17, 15) is 9.59 Å². The Morgan fingerprint density at radius 2 is 1.59 bits per heavy atom. The molecular weight excluding hydrogens is 494 g/mol. The molecular formula is C29H30ClNO6. The lowest BCUT2D eigenvalue weighted by Gasteiger charge is -2.30. The van der Waals surface area contributed by atoms with Gasteiger partial charge < -0.3 is 23.8 Å². The van der Waals surface area contributed by atoms with Crippen molar-refractivity contribution < 1.29 is 28.5 Å². The van der Waals surface area contributed by atoms with Gasteiger partial charge in [-0.1, -0.05) is 43.6 Å². The summed E-state index contributed by atoms with van der Waals surface area (Å²) in [6.45, 7) is 4.50. The van der Waals surface area contributed by atoms with Gasteiger partial charge in [-0.2, -0.15) is 0 Å². The smallest absolute Gasteiger partial charge is 0.339 e. The van der Waals surface area contributed by atoms with Crippen LogP contribution in [-0.4, -0.2) is 39.8 Å². The van der Waals surface area contributed by atoms with Crippen LogP contribution in [0.2, 0.25) is 5.02 Å². The van der Waals surface area contributed by atoms with Crippen LogP contribution < -0.4 is 19.1 Å². The van der Waals surface area contributed by atoms with Crippen LogP contribution in [0.25, 0.3) is 0 Å². The maximum absolute atomic E-state index is 14.3. The third-order valence-electron chi connectivity index (χ3n) is 6.28. The summed E-state index contributed by atoms with van der Waals surface area (Å²) in [4.78, 5) is 29.3. The second-order valence-electron chi connectivity index (χ2n) is 9.26. The summed E-state index contributed by atoms with van der Waals surface area (Å²) in [5.74, 6) is 0.505. The SMILES string of the molecule is COc1cc(CC2(OC(=O)c3ccccc3)C(=O)N(CC(C)C)c3ccc(Cl)cc32)cc(OC)c1OC. The van der Waals surface area contributed by atoms with Gasteiger partial charge in [-0.3, -0.25) is 4.79 Å². The van der Waals surface area contributed by atoms with Crippen molar-refractivity contribution in [1.29, 1.82) is 0 Å². The van der Waals surface area contributed by atoms with Gasteiger partial charge in [0, 0.05) is 23.6 Å². The highest BCUT2D eigenvalue weighted by atomic mass is 35.5. The highest BCUT2D eigenvalue weighted by Crippen LogP contribution is 2.48. The van der Waals surface area contributed by atoms with Crippen LogP contribution in [0.4, 0.5) is 5.69 Å².